The highest BCUT2D eigenvalue weighted by Crippen LogP contribution is 2.23. The van der Waals surface area contributed by atoms with Crippen molar-refractivity contribution in [1.82, 2.24) is 10.3 Å². The minimum atomic E-state index is -0.681. The van der Waals surface area contributed by atoms with Gasteiger partial charge in [0.1, 0.15) is 5.01 Å². The van der Waals surface area contributed by atoms with Gasteiger partial charge in [0.05, 0.1) is 16.0 Å². The molecule has 6 heteroatoms. The fraction of sp³-hybridized carbons (Fsp3) is 0.667. The van der Waals surface area contributed by atoms with E-state index >= 15 is 0 Å². The van der Waals surface area contributed by atoms with Gasteiger partial charge in [-0.1, -0.05) is 0 Å². The molecule has 0 bridgehead atoms. The van der Waals surface area contributed by atoms with Gasteiger partial charge in [-0.2, -0.15) is 0 Å². The zero-order valence-electron chi connectivity index (χ0n) is 8.83. The first-order valence-corrected chi connectivity index (χ1v) is 8.08. The molecule has 0 saturated heterocycles. The molecule has 0 spiro atoms. The van der Waals surface area contributed by atoms with Crippen molar-refractivity contribution in [2.45, 2.75) is 19.4 Å². The Balaban J connectivity index is 2.24. The first-order valence-electron chi connectivity index (χ1n) is 4.74. The number of thiazole rings is 1. The van der Waals surface area contributed by atoms with Gasteiger partial charge in [0.25, 0.3) is 0 Å². The van der Waals surface area contributed by atoms with Crippen molar-refractivity contribution in [2.24, 2.45) is 0 Å². The Hall–Kier alpha value is 0.220. The molecule has 0 aromatic carbocycles. The topological polar surface area (TPSA) is 42.0 Å². The van der Waals surface area contributed by atoms with Gasteiger partial charge in [0.2, 0.25) is 0 Å². The summed E-state index contributed by atoms with van der Waals surface area (Å²) in [4.78, 5) is 4.28. The van der Waals surface area contributed by atoms with E-state index < -0.39 is 10.8 Å². The molecule has 1 aromatic rings. The largest absolute Gasteiger partial charge is 0.308 e. The third-order valence-corrected chi connectivity index (χ3v) is 4.45. The molecule has 86 valence electrons. The van der Waals surface area contributed by atoms with Crippen LogP contribution in [0.1, 0.15) is 24.4 Å². The van der Waals surface area contributed by atoms with Crippen LogP contribution < -0.4 is 5.32 Å². The highest BCUT2D eigenvalue weighted by atomic mass is 79.9. The van der Waals surface area contributed by atoms with Crippen molar-refractivity contribution < 1.29 is 4.21 Å². The molecule has 0 aliphatic rings. The minimum absolute atomic E-state index is 0.270. The second-order valence-corrected chi connectivity index (χ2v) is 7.31. The molecule has 2 atom stereocenters. The lowest BCUT2D eigenvalue weighted by Gasteiger charge is -2.09. The van der Waals surface area contributed by atoms with E-state index in [1.54, 1.807) is 17.6 Å². The van der Waals surface area contributed by atoms with Crippen molar-refractivity contribution in [3.05, 3.63) is 15.0 Å². The van der Waals surface area contributed by atoms with E-state index in [-0.39, 0.29) is 6.04 Å². The highest BCUT2D eigenvalue weighted by Gasteiger charge is 2.08. The summed E-state index contributed by atoms with van der Waals surface area (Å²) in [6.07, 6.45) is 4.50. The summed E-state index contributed by atoms with van der Waals surface area (Å²) in [7, 11) is -0.681. The Kier molecular flexibility index (Phi) is 5.96. The van der Waals surface area contributed by atoms with E-state index in [2.05, 4.69) is 33.2 Å². The molecule has 1 N–H and O–H groups in total. The quantitative estimate of drug-likeness (QED) is 0.820. The van der Waals surface area contributed by atoms with Crippen molar-refractivity contribution in [1.29, 1.82) is 0 Å². The molecule has 0 amide bonds. The van der Waals surface area contributed by atoms with Crippen LogP contribution in [-0.2, 0) is 10.8 Å². The van der Waals surface area contributed by atoms with Crippen LogP contribution in [-0.4, -0.2) is 27.7 Å². The zero-order valence-corrected chi connectivity index (χ0v) is 12.0. The number of hydrogen-bond donors (Lipinski definition) is 1. The lowest BCUT2D eigenvalue weighted by atomic mass is 10.3. The molecule has 15 heavy (non-hydrogen) atoms. The second kappa shape index (κ2) is 6.73. The van der Waals surface area contributed by atoms with Gasteiger partial charge in [-0.3, -0.25) is 4.21 Å². The molecule has 2 unspecified atom stereocenters. The maximum atomic E-state index is 10.8. The molecule has 1 aromatic heterocycles. The molecule has 0 radical (unpaired) electrons. The van der Waals surface area contributed by atoms with E-state index in [9.17, 15) is 4.21 Å². The van der Waals surface area contributed by atoms with E-state index in [1.165, 1.54) is 0 Å². The zero-order chi connectivity index (χ0) is 11.3. The maximum absolute atomic E-state index is 10.8. The molecule has 1 heterocycles. The van der Waals surface area contributed by atoms with Crippen LogP contribution in [0, 0.1) is 0 Å². The lowest BCUT2D eigenvalue weighted by Crippen LogP contribution is -2.20. The minimum Gasteiger partial charge on any atom is -0.308 e. The van der Waals surface area contributed by atoms with Gasteiger partial charge >= 0.3 is 0 Å². The van der Waals surface area contributed by atoms with Crippen LogP contribution in [0.25, 0.3) is 0 Å². The van der Waals surface area contributed by atoms with Crippen molar-refractivity contribution in [3.63, 3.8) is 0 Å². The number of nitrogens with one attached hydrogen (secondary N) is 1. The second-order valence-electron chi connectivity index (χ2n) is 3.31. The summed E-state index contributed by atoms with van der Waals surface area (Å²) in [5.74, 6) is 0.765. The molecule has 0 fully saturated rings. The van der Waals surface area contributed by atoms with Crippen LogP contribution in [0.3, 0.4) is 0 Å². The Morgan fingerprint density at radius 3 is 3.00 bits per heavy atom. The van der Waals surface area contributed by atoms with Crippen LogP contribution in [0.15, 0.2) is 9.98 Å². The number of hydrogen-bond acceptors (Lipinski definition) is 4. The monoisotopic (exact) mass is 310 g/mol. The van der Waals surface area contributed by atoms with E-state index in [0.29, 0.717) is 0 Å². The summed E-state index contributed by atoms with van der Waals surface area (Å²) in [5.41, 5.74) is 0. The third kappa shape index (κ3) is 5.19. The lowest BCUT2D eigenvalue weighted by molar-refractivity contribution is 0.568. The molecule has 0 saturated carbocycles. The van der Waals surface area contributed by atoms with Gasteiger partial charge in [-0.15, -0.1) is 11.3 Å². The Bertz CT molecular complexity index is 330. The maximum Gasteiger partial charge on any atom is 0.110 e. The van der Waals surface area contributed by atoms with E-state index in [0.717, 1.165) is 27.5 Å². The Morgan fingerprint density at radius 1 is 1.73 bits per heavy atom. The fourth-order valence-electron chi connectivity index (χ4n) is 1.15. The number of aromatic nitrogens is 1. The molecule has 1 rings (SSSR count). The summed E-state index contributed by atoms with van der Waals surface area (Å²) >= 11 is 5.03. The van der Waals surface area contributed by atoms with Crippen LogP contribution in [0.5, 0.6) is 0 Å². The molecular weight excluding hydrogens is 296 g/mol. The molecule has 3 nitrogen and oxygen atoms in total. The summed E-state index contributed by atoms with van der Waals surface area (Å²) in [5, 5.41) is 4.44. The average molecular weight is 311 g/mol. The summed E-state index contributed by atoms with van der Waals surface area (Å²) < 4.78 is 11.9. The summed E-state index contributed by atoms with van der Waals surface area (Å²) in [6, 6.07) is 0.270. The molecular formula is C9H15BrN2OS2. The first kappa shape index (κ1) is 13.3. The van der Waals surface area contributed by atoms with Crippen molar-refractivity contribution in [3.8, 4) is 0 Å². The van der Waals surface area contributed by atoms with Crippen LogP contribution >= 0.6 is 27.3 Å². The van der Waals surface area contributed by atoms with Gasteiger partial charge in [0.15, 0.2) is 0 Å². The number of rotatable bonds is 6. The van der Waals surface area contributed by atoms with Gasteiger partial charge in [-0.05, 0) is 35.8 Å². The van der Waals surface area contributed by atoms with E-state index in [1.807, 2.05) is 6.20 Å². The smallest absolute Gasteiger partial charge is 0.110 e. The Labute approximate surface area is 105 Å². The fourth-order valence-corrected chi connectivity index (χ4v) is 2.97. The van der Waals surface area contributed by atoms with Crippen LogP contribution in [0.2, 0.25) is 0 Å². The van der Waals surface area contributed by atoms with E-state index in [4.69, 9.17) is 0 Å². The normalized spacial score (nSPS) is 15.1. The molecule has 0 aliphatic carbocycles. The number of halogens is 1. The molecule has 0 aliphatic heterocycles. The predicted octanol–water partition coefficient (Wildman–Crippen LogP) is 2.32. The first-order chi connectivity index (χ1) is 7.09. The van der Waals surface area contributed by atoms with Crippen molar-refractivity contribution >= 4 is 38.1 Å². The Morgan fingerprint density at radius 2 is 2.47 bits per heavy atom. The third-order valence-electron chi connectivity index (χ3n) is 1.92. The average Bonchev–Trinajstić information content (AvgIpc) is 2.59. The predicted molar refractivity (Wildman–Crippen MR) is 69.8 cm³/mol. The SMILES string of the molecule is CC(NCCCS(C)=O)c1ncc(Br)s1. The van der Waals surface area contributed by atoms with Crippen LogP contribution in [0.4, 0.5) is 0 Å². The van der Waals surface area contributed by atoms with Crippen molar-refractivity contribution in [2.75, 3.05) is 18.6 Å². The van der Waals surface area contributed by atoms with Gasteiger partial charge in [0, 0.05) is 22.8 Å². The van der Waals surface area contributed by atoms with Gasteiger partial charge < -0.3 is 5.32 Å². The highest BCUT2D eigenvalue weighted by molar-refractivity contribution is 9.11. The standard InChI is InChI=1S/C9H15BrN2OS2/c1-7(9-12-6-8(10)14-9)11-4-3-5-15(2)13/h6-7,11H,3-5H2,1-2H3. The van der Waals surface area contributed by atoms with Gasteiger partial charge in [-0.25, -0.2) is 4.98 Å². The summed E-state index contributed by atoms with van der Waals surface area (Å²) in [6.45, 7) is 2.98. The number of nitrogens with zero attached hydrogens (tertiary/aromatic N) is 1.